The van der Waals surface area contributed by atoms with Gasteiger partial charge in [0.05, 0.1) is 30.9 Å². The fourth-order valence-corrected chi connectivity index (χ4v) is 3.43. The molecule has 1 atom stereocenters. The van der Waals surface area contributed by atoms with Crippen molar-refractivity contribution in [1.29, 1.82) is 0 Å². The molecule has 7 nitrogen and oxygen atoms in total. The molecule has 140 valence electrons. The van der Waals surface area contributed by atoms with E-state index in [1.807, 2.05) is 36.6 Å². The molecule has 1 amide bonds. The van der Waals surface area contributed by atoms with Gasteiger partial charge in [0.25, 0.3) is 5.91 Å². The average molecular weight is 366 g/mol. The first-order valence-electron chi connectivity index (χ1n) is 9.04. The summed E-state index contributed by atoms with van der Waals surface area (Å²) < 4.78 is 13.1. The Hall–Kier alpha value is -2.93. The van der Waals surface area contributed by atoms with Crippen molar-refractivity contribution in [3.05, 3.63) is 70.6 Å². The molecule has 0 bridgehead atoms. The maximum absolute atomic E-state index is 12.5. The molecule has 27 heavy (non-hydrogen) atoms. The smallest absolute Gasteiger partial charge is 0.271 e. The van der Waals surface area contributed by atoms with Crippen molar-refractivity contribution in [2.75, 3.05) is 6.54 Å². The Kier molecular flexibility index (Phi) is 4.77. The monoisotopic (exact) mass is 366 g/mol. The predicted molar refractivity (Wildman–Crippen MR) is 98.2 cm³/mol. The number of aromatic nitrogens is 3. The zero-order valence-corrected chi connectivity index (χ0v) is 15.4. The molecule has 3 aromatic rings. The van der Waals surface area contributed by atoms with Crippen LogP contribution in [-0.2, 0) is 24.3 Å². The molecular formula is C20H22N4O3. The highest BCUT2D eigenvalue weighted by Crippen LogP contribution is 2.27. The van der Waals surface area contributed by atoms with Crippen LogP contribution >= 0.6 is 0 Å². The van der Waals surface area contributed by atoms with Crippen LogP contribution in [0.15, 0.2) is 41.2 Å². The maximum atomic E-state index is 12.5. The Morgan fingerprint density at radius 1 is 1.30 bits per heavy atom. The number of ether oxygens (including phenoxy) is 1. The largest absolute Gasteiger partial charge is 0.365 e. The Labute approximate surface area is 157 Å². The first-order chi connectivity index (χ1) is 13.1. The molecule has 1 N–H and O–H groups in total. The van der Waals surface area contributed by atoms with E-state index in [4.69, 9.17) is 9.26 Å². The molecule has 0 unspecified atom stereocenters. The fraction of sp³-hybridized carbons (Fsp3) is 0.350. The first-order valence-corrected chi connectivity index (χ1v) is 9.04. The number of carbonyl (C=O) groups is 1. The summed E-state index contributed by atoms with van der Waals surface area (Å²) in [6, 6.07) is 10.1. The molecule has 1 aliphatic rings. The van der Waals surface area contributed by atoms with Gasteiger partial charge in [-0.05, 0) is 25.8 Å². The number of nitrogens with one attached hydrogen (secondary N) is 1. The fourth-order valence-electron chi connectivity index (χ4n) is 3.43. The molecule has 0 saturated heterocycles. The van der Waals surface area contributed by atoms with E-state index >= 15 is 0 Å². The van der Waals surface area contributed by atoms with Gasteiger partial charge in [0.1, 0.15) is 11.9 Å². The number of rotatable bonds is 5. The number of imidazole rings is 1. The van der Waals surface area contributed by atoms with Crippen LogP contribution in [0.1, 0.15) is 44.9 Å². The van der Waals surface area contributed by atoms with Crippen LogP contribution in [-0.4, -0.2) is 27.2 Å². The van der Waals surface area contributed by atoms with Crippen molar-refractivity contribution in [3.63, 3.8) is 0 Å². The van der Waals surface area contributed by atoms with E-state index in [0.29, 0.717) is 31.8 Å². The topological polar surface area (TPSA) is 82.2 Å². The normalized spacial score (nSPS) is 16.1. The SMILES string of the molecule is Cc1noc(C)c1CCNC(=O)c1ncn2c1CO[C@H](c1ccccc1)C2. The standard InChI is InChI=1S/C20H22N4O3/c1-13-16(14(2)27-23-13)8-9-21-20(25)19-17-11-26-18(10-24(17)12-22-19)15-6-4-3-5-7-15/h3-7,12,18H,8-11H2,1-2H3,(H,21,25)/t18-/m0/s1. The van der Waals surface area contributed by atoms with E-state index in [2.05, 4.69) is 27.6 Å². The molecule has 3 heterocycles. The van der Waals surface area contributed by atoms with Gasteiger partial charge in [-0.2, -0.15) is 0 Å². The second kappa shape index (κ2) is 7.36. The Bertz CT molecular complexity index is 926. The van der Waals surface area contributed by atoms with E-state index in [9.17, 15) is 4.79 Å². The van der Waals surface area contributed by atoms with Crippen LogP contribution in [0.5, 0.6) is 0 Å². The van der Waals surface area contributed by atoms with E-state index in [1.165, 1.54) is 0 Å². The van der Waals surface area contributed by atoms with Crippen molar-refractivity contribution >= 4 is 5.91 Å². The van der Waals surface area contributed by atoms with E-state index in [1.54, 1.807) is 6.33 Å². The minimum atomic E-state index is -0.183. The summed E-state index contributed by atoms with van der Waals surface area (Å²) in [5, 5.41) is 6.86. The third kappa shape index (κ3) is 3.50. The van der Waals surface area contributed by atoms with Gasteiger partial charge in [0, 0.05) is 12.1 Å². The number of fused-ring (bicyclic) bond motifs is 1. The van der Waals surface area contributed by atoms with Gasteiger partial charge in [-0.3, -0.25) is 4.79 Å². The lowest BCUT2D eigenvalue weighted by Gasteiger charge is -2.25. The maximum Gasteiger partial charge on any atom is 0.271 e. The number of aryl methyl sites for hydroxylation is 2. The Balaban J connectivity index is 1.39. The van der Waals surface area contributed by atoms with Gasteiger partial charge in [0.2, 0.25) is 0 Å². The molecule has 0 saturated carbocycles. The summed E-state index contributed by atoms with van der Waals surface area (Å²) in [7, 11) is 0. The van der Waals surface area contributed by atoms with Crippen LogP contribution < -0.4 is 5.32 Å². The number of hydrogen-bond acceptors (Lipinski definition) is 5. The van der Waals surface area contributed by atoms with Gasteiger partial charge in [-0.25, -0.2) is 4.98 Å². The molecule has 0 spiro atoms. The van der Waals surface area contributed by atoms with Gasteiger partial charge >= 0.3 is 0 Å². The van der Waals surface area contributed by atoms with Crippen molar-refractivity contribution in [2.45, 2.75) is 39.5 Å². The van der Waals surface area contributed by atoms with Crippen molar-refractivity contribution < 1.29 is 14.1 Å². The third-order valence-corrected chi connectivity index (χ3v) is 4.96. The molecule has 0 aliphatic carbocycles. The zero-order valence-electron chi connectivity index (χ0n) is 15.4. The molecule has 0 fully saturated rings. The van der Waals surface area contributed by atoms with E-state index in [0.717, 1.165) is 28.3 Å². The van der Waals surface area contributed by atoms with Crippen LogP contribution in [0.4, 0.5) is 0 Å². The number of carbonyl (C=O) groups excluding carboxylic acids is 1. The Morgan fingerprint density at radius 2 is 2.11 bits per heavy atom. The van der Waals surface area contributed by atoms with Crippen molar-refractivity contribution in [2.24, 2.45) is 0 Å². The summed E-state index contributed by atoms with van der Waals surface area (Å²) in [6.07, 6.45) is 2.37. The third-order valence-electron chi connectivity index (χ3n) is 4.96. The predicted octanol–water partition coefficient (Wildman–Crippen LogP) is 2.73. The molecule has 4 rings (SSSR count). The summed E-state index contributed by atoms with van der Waals surface area (Å²) in [5.74, 6) is 0.610. The molecular weight excluding hydrogens is 344 g/mol. The van der Waals surface area contributed by atoms with E-state index < -0.39 is 0 Å². The van der Waals surface area contributed by atoms with Gasteiger partial charge in [-0.1, -0.05) is 35.5 Å². The lowest BCUT2D eigenvalue weighted by Crippen LogP contribution is -2.29. The van der Waals surface area contributed by atoms with E-state index in [-0.39, 0.29) is 12.0 Å². The second-order valence-electron chi connectivity index (χ2n) is 6.71. The lowest BCUT2D eigenvalue weighted by molar-refractivity contribution is 0.00258. The number of amides is 1. The van der Waals surface area contributed by atoms with Crippen LogP contribution in [0, 0.1) is 13.8 Å². The second-order valence-corrected chi connectivity index (χ2v) is 6.71. The quantitative estimate of drug-likeness (QED) is 0.751. The highest BCUT2D eigenvalue weighted by molar-refractivity contribution is 5.93. The molecule has 7 heteroatoms. The summed E-state index contributed by atoms with van der Waals surface area (Å²) in [6.45, 7) is 5.30. The van der Waals surface area contributed by atoms with Gasteiger partial charge in [-0.15, -0.1) is 0 Å². The first kappa shape index (κ1) is 17.5. The molecule has 0 radical (unpaired) electrons. The zero-order chi connectivity index (χ0) is 18.8. The summed E-state index contributed by atoms with van der Waals surface area (Å²) in [4.78, 5) is 16.9. The minimum Gasteiger partial charge on any atom is -0.365 e. The number of nitrogens with zero attached hydrogens (tertiary/aromatic N) is 3. The van der Waals surface area contributed by atoms with Crippen molar-refractivity contribution in [1.82, 2.24) is 20.0 Å². The molecule has 1 aliphatic heterocycles. The van der Waals surface area contributed by atoms with Gasteiger partial charge < -0.3 is 19.1 Å². The average Bonchev–Trinajstić information content (AvgIpc) is 3.26. The summed E-state index contributed by atoms with van der Waals surface area (Å²) in [5.41, 5.74) is 4.28. The van der Waals surface area contributed by atoms with Crippen molar-refractivity contribution in [3.8, 4) is 0 Å². The molecule has 2 aromatic heterocycles. The Morgan fingerprint density at radius 3 is 2.85 bits per heavy atom. The van der Waals surface area contributed by atoms with Gasteiger partial charge in [0.15, 0.2) is 5.69 Å². The van der Waals surface area contributed by atoms with Crippen LogP contribution in [0.2, 0.25) is 0 Å². The van der Waals surface area contributed by atoms with Crippen LogP contribution in [0.3, 0.4) is 0 Å². The minimum absolute atomic E-state index is 0.0247. The summed E-state index contributed by atoms with van der Waals surface area (Å²) >= 11 is 0. The molecule has 1 aromatic carbocycles. The number of hydrogen-bond donors (Lipinski definition) is 1. The highest BCUT2D eigenvalue weighted by Gasteiger charge is 2.26. The number of benzene rings is 1. The highest BCUT2D eigenvalue weighted by atomic mass is 16.5. The van der Waals surface area contributed by atoms with Crippen LogP contribution in [0.25, 0.3) is 0 Å². The lowest BCUT2D eigenvalue weighted by atomic mass is 10.1.